The molecule has 4 atom stereocenters. The van der Waals surface area contributed by atoms with E-state index in [4.69, 9.17) is 28.4 Å². The van der Waals surface area contributed by atoms with Crippen LogP contribution < -0.4 is 9.47 Å². The number of fused-ring (bicyclic) bond motifs is 1. The summed E-state index contributed by atoms with van der Waals surface area (Å²) in [6.45, 7) is 17.7. The largest absolute Gasteiger partial charge is 0.490 e. The van der Waals surface area contributed by atoms with Gasteiger partial charge >= 0.3 is 11.9 Å². The molecule has 0 radical (unpaired) electrons. The fourth-order valence-corrected chi connectivity index (χ4v) is 4.95. The van der Waals surface area contributed by atoms with Crippen molar-refractivity contribution in [2.24, 2.45) is 11.8 Å². The number of carbonyl (C=O) groups is 2. The highest BCUT2D eigenvalue weighted by atomic mass is 16.6. The van der Waals surface area contributed by atoms with Gasteiger partial charge in [-0.25, -0.2) is 9.59 Å². The van der Waals surface area contributed by atoms with Crippen LogP contribution in [0.5, 0.6) is 11.5 Å². The number of rotatable bonds is 26. The van der Waals surface area contributed by atoms with E-state index in [1.165, 1.54) is 12.8 Å². The minimum Gasteiger partial charge on any atom is -0.490 e. The smallest absolute Gasteiger partial charge is 0.330 e. The summed E-state index contributed by atoms with van der Waals surface area (Å²) < 4.78 is 35.0. The van der Waals surface area contributed by atoms with Gasteiger partial charge in [0.15, 0.2) is 12.2 Å². The molecule has 256 valence electrons. The third-order valence-corrected chi connectivity index (χ3v) is 7.96. The lowest BCUT2D eigenvalue weighted by molar-refractivity contribution is -0.149. The van der Waals surface area contributed by atoms with Crippen LogP contribution in [0.4, 0.5) is 0 Å². The molecule has 8 heteroatoms. The first-order valence-electron chi connectivity index (χ1n) is 17.0. The average molecular weight is 641 g/mol. The Morgan fingerprint density at radius 3 is 1.43 bits per heavy atom. The number of hydrogen-bond donors (Lipinski definition) is 0. The topological polar surface area (TPSA) is 89.5 Å². The summed E-state index contributed by atoms with van der Waals surface area (Å²) >= 11 is 0. The van der Waals surface area contributed by atoms with Crippen LogP contribution in [0, 0.1) is 11.8 Å². The summed E-state index contributed by atoms with van der Waals surface area (Å²) in [5.74, 6) is 1.18. The molecule has 2 aromatic rings. The van der Waals surface area contributed by atoms with Crippen molar-refractivity contribution in [2.45, 2.75) is 91.3 Å². The van der Waals surface area contributed by atoms with E-state index in [0.717, 1.165) is 61.4 Å². The highest BCUT2D eigenvalue weighted by Gasteiger charge is 2.18. The van der Waals surface area contributed by atoms with Gasteiger partial charge in [0.05, 0.1) is 13.2 Å². The molecule has 0 fully saturated rings. The van der Waals surface area contributed by atoms with Gasteiger partial charge in [-0.3, -0.25) is 0 Å². The molecule has 0 aliphatic rings. The quantitative estimate of drug-likeness (QED) is 0.0750. The number of hydrogen-bond acceptors (Lipinski definition) is 8. The fourth-order valence-electron chi connectivity index (χ4n) is 4.95. The van der Waals surface area contributed by atoms with Crippen LogP contribution in [-0.4, -0.2) is 63.8 Å². The first-order valence-corrected chi connectivity index (χ1v) is 17.0. The van der Waals surface area contributed by atoms with Crippen molar-refractivity contribution in [3.05, 3.63) is 61.7 Å². The molecule has 0 N–H and O–H groups in total. The van der Waals surface area contributed by atoms with Crippen LogP contribution in [0.15, 0.2) is 61.7 Å². The van der Waals surface area contributed by atoms with Crippen molar-refractivity contribution in [3.8, 4) is 11.5 Å². The zero-order valence-corrected chi connectivity index (χ0v) is 28.5. The predicted octanol–water partition coefficient (Wildman–Crippen LogP) is 8.26. The number of ether oxygens (including phenoxy) is 6. The number of unbranched alkanes of at least 4 members (excludes halogenated alkanes) is 2. The van der Waals surface area contributed by atoms with Gasteiger partial charge in [-0.15, -0.1) is 0 Å². The number of carbonyl (C=O) groups excluding carboxylic acids is 2. The van der Waals surface area contributed by atoms with Gasteiger partial charge in [-0.2, -0.15) is 0 Å². The van der Waals surface area contributed by atoms with Crippen molar-refractivity contribution in [3.63, 3.8) is 0 Å². The zero-order valence-electron chi connectivity index (χ0n) is 28.5. The van der Waals surface area contributed by atoms with Gasteiger partial charge in [0, 0.05) is 25.4 Å². The third-order valence-electron chi connectivity index (χ3n) is 7.96. The van der Waals surface area contributed by atoms with Crippen LogP contribution >= 0.6 is 0 Å². The second-order valence-electron chi connectivity index (χ2n) is 11.7. The van der Waals surface area contributed by atoms with Crippen molar-refractivity contribution >= 4 is 22.7 Å². The SMILES string of the molecule is C=CC(=O)OC(COCC(CC)CCCC)COc1ccc2ccc(OCC(COCC(CC)CCCC)OC(=O)C=C)cc2c1. The molecule has 0 spiro atoms. The highest BCUT2D eigenvalue weighted by molar-refractivity contribution is 5.85. The van der Waals surface area contributed by atoms with E-state index in [2.05, 4.69) is 40.9 Å². The van der Waals surface area contributed by atoms with Crippen molar-refractivity contribution in [1.29, 1.82) is 0 Å². The second-order valence-corrected chi connectivity index (χ2v) is 11.7. The Labute approximate surface area is 276 Å². The Hall–Kier alpha value is -3.36. The number of benzene rings is 2. The molecule has 0 saturated heterocycles. The molecule has 0 aliphatic carbocycles. The maximum Gasteiger partial charge on any atom is 0.330 e. The monoisotopic (exact) mass is 640 g/mol. The maximum atomic E-state index is 12.0. The highest BCUT2D eigenvalue weighted by Crippen LogP contribution is 2.26. The molecular weight excluding hydrogens is 584 g/mol. The van der Waals surface area contributed by atoms with E-state index in [1.807, 2.05) is 36.4 Å². The summed E-state index contributed by atoms with van der Waals surface area (Å²) in [5, 5.41) is 1.91. The molecule has 0 bridgehead atoms. The van der Waals surface area contributed by atoms with Gasteiger partial charge in [0.25, 0.3) is 0 Å². The lowest BCUT2D eigenvalue weighted by Gasteiger charge is -2.21. The normalized spacial score (nSPS) is 13.7. The fraction of sp³-hybridized carbons (Fsp3) is 0.579. The van der Waals surface area contributed by atoms with Gasteiger partial charge in [0.2, 0.25) is 0 Å². The molecule has 2 rings (SSSR count). The molecule has 0 saturated carbocycles. The molecule has 0 aromatic heterocycles. The van der Waals surface area contributed by atoms with E-state index in [0.29, 0.717) is 36.5 Å². The van der Waals surface area contributed by atoms with E-state index >= 15 is 0 Å². The summed E-state index contributed by atoms with van der Waals surface area (Å²) in [4.78, 5) is 23.9. The first-order chi connectivity index (χ1) is 22.3. The van der Waals surface area contributed by atoms with E-state index < -0.39 is 24.1 Å². The summed E-state index contributed by atoms with van der Waals surface area (Å²) in [7, 11) is 0. The van der Waals surface area contributed by atoms with Crippen LogP contribution in [0.1, 0.15) is 79.1 Å². The molecule has 46 heavy (non-hydrogen) atoms. The first kappa shape index (κ1) is 38.8. The molecule has 0 amide bonds. The predicted molar refractivity (Wildman–Crippen MR) is 183 cm³/mol. The van der Waals surface area contributed by atoms with Crippen LogP contribution in [-0.2, 0) is 28.5 Å². The molecule has 0 heterocycles. The van der Waals surface area contributed by atoms with E-state index in [-0.39, 0.29) is 26.4 Å². The lowest BCUT2D eigenvalue weighted by Crippen LogP contribution is -2.30. The Morgan fingerprint density at radius 1 is 0.630 bits per heavy atom. The third kappa shape index (κ3) is 15.3. The van der Waals surface area contributed by atoms with Crippen molar-refractivity contribution < 1.29 is 38.0 Å². The van der Waals surface area contributed by atoms with Crippen molar-refractivity contribution in [2.75, 3.05) is 39.6 Å². The summed E-state index contributed by atoms with van der Waals surface area (Å²) in [5.41, 5.74) is 0. The molecule has 4 unspecified atom stereocenters. The Bertz CT molecular complexity index is 1090. The molecule has 2 aromatic carbocycles. The van der Waals surface area contributed by atoms with E-state index in [1.54, 1.807) is 0 Å². The maximum absolute atomic E-state index is 12.0. The van der Waals surface area contributed by atoms with Gasteiger partial charge in [0.1, 0.15) is 24.7 Å². The second kappa shape index (κ2) is 23.0. The Kier molecular flexibility index (Phi) is 19.4. The minimum absolute atomic E-state index is 0.140. The molecular formula is C38H56O8. The van der Waals surface area contributed by atoms with Gasteiger partial charge in [-0.1, -0.05) is 91.5 Å². The van der Waals surface area contributed by atoms with Crippen LogP contribution in [0.25, 0.3) is 10.8 Å². The Morgan fingerprint density at radius 2 is 1.07 bits per heavy atom. The Balaban J connectivity index is 2.01. The number of esters is 2. The zero-order chi connectivity index (χ0) is 33.6. The van der Waals surface area contributed by atoms with Crippen LogP contribution in [0.3, 0.4) is 0 Å². The lowest BCUT2D eigenvalue weighted by atomic mass is 10.0. The van der Waals surface area contributed by atoms with Gasteiger partial charge in [-0.05, 0) is 59.7 Å². The average Bonchev–Trinajstić information content (AvgIpc) is 3.08. The standard InChI is InChI=1S/C38H56O8/c1-7-13-15-29(9-3)23-41-25-35(45-37(39)11-5)27-43-33-19-17-31-18-20-34(22-32(31)21-33)44-28-36(46-38(40)12-6)26-42-24-30(10-4)16-14-8-2/h11-12,17-22,29-30,35-36H,5-10,13-16,23-28H2,1-4H3. The van der Waals surface area contributed by atoms with Crippen LogP contribution in [0.2, 0.25) is 0 Å². The molecule has 0 aliphatic heterocycles. The van der Waals surface area contributed by atoms with Gasteiger partial charge < -0.3 is 28.4 Å². The summed E-state index contributed by atoms with van der Waals surface area (Å²) in [6.07, 6.45) is 10.1. The van der Waals surface area contributed by atoms with Crippen molar-refractivity contribution in [1.82, 2.24) is 0 Å². The van der Waals surface area contributed by atoms with E-state index in [9.17, 15) is 9.59 Å². The minimum atomic E-state index is -0.573. The summed E-state index contributed by atoms with van der Waals surface area (Å²) in [6, 6.07) is 11.5. The molecule has 8 nitrogen and oxygen atoms in total.